The van der Waals surface area contributed by atoms with Crippen LogP contribution in [0.5, 0.6) is 5.88 Å². The predicted molar refractivity (Wildman–Crippen MR) is 109 cm³/mol. The number of fused-ring (bicyclic) bond motifs is 1. The van der Waals surface area contributed by atoms with Crippen molar-refractivity contribution in [1.29, 1.82) is 0 Å². The summed E-state index contributed by atoms with van der Waals surface area (Å²) in [6, 6.07) is 5.57. The zero-order chi connectivity index (χ0) is 20.6. The number of amides is 1. The SMILES string of the molecule is Cn1ccc(C(=O)N2CCC(COc3ccc4nc(C(C)(C)C)cn4n3)CC2)n1. The van der Waals surface area contributed by atoms with Gasteiger partial charge in [0.05, 0.1) is 18.5 Å². The van der Waals surface area contributed by atoms with Gasteiger partial charge in [0.25, 0.3) is 5.91 Å². The van der Waals surface area contributed by atoms with Gasteiger partial charge in [0.1, 0.15) is 5.69 Å². The number of hydrogen-bond donors (Lipinski definition) is 0. The highest BCUT2D eigenvalue weighted by Crippen LogP contribution is 2.23. The highest BCUT2D eigenvalue weighted by Gasteiger charge is 2.25. The van der Waals surface area contributed by atoms with Crippen LogP contribution in [-0.4, -0.2) is 54.9 Å². The molecule has 8 nitrogen and oxygen atoms in total. The smallest absolute Gasteiger partial charge is 0.274 e. The van der Waals surface area contributed by atoms with Crippen LogP contribution < -0.4 is 4.74 Å². The molecule has 29 heavy (non-hydrogen) atoms. The topological polar surface area (TPSA) is 77.5 Å². The number of imidazole rings is 1. The van der Waals surface area contributed by atoms with Crippen LogP contribution in [0.25, 0.3) is 5.65 Å². The van der Waals surface area contributed by atoms with Gasteiger partial charge in [-0.15, -0.1) is 5.10 Å². The van der Waals surface area contributed by atoms with Gasteiger partial charge in [0.15, 0.2) is 5.65 Å². The van der Waals surface area contributed by atoms with Gasteiger partial charge in [-0.05, 0) is 30.9 Å². The van der Waals surface area contributed by atoms with Crippen LogP contribution in [0.4, 0.5) is 0 Å². The number of carbonyl (C=O) groups is 1. The summed E-state index contributed by atoms with van der Waals surface area (Å²) in [6.07, 6.45) is 5.59. The highest BCUT2D eigenvalue weighted by molar-refractivity contribution is 5.92. The summed E-state index contributed by atoms with van der Waals surface area (Å²) in [4.78, 5) is 19.0. The number of aryl methyl sites for hydroxylation is 1. The minimum atomic E-state index is -0.0185. The molecule has 1 aliphatic heterocycles. The van der Waals surface area contributed by atoms with Crippen molar-refractivity contribution in [3.63, 3.8) is 0 Å². The third-order valence-corrected chi connectivity index (χ3v) is 5.37. The first kappa shape index (κ1) is 19.4. The fourth-order valence-corrected chi connectivity index (χ4v) is 3.50. The Kier molecular flexibility index (Phi) is 5.02. The summed E-state index contributed by atoms with van der Waals surface area (Å²) in [5.41, 5.74) is 2.32. The van der Waals surface area contributed by atoms with Crippen molar-refractivity contribution in [2.24, 2.45) is 13.0 Å². The van der Waals surface area contributed by atoms with Crippen LogP contribution in [0.1, 0.15) is 49.8 Å². The molecule has 1 saturated heterocycles. The summed E-state index contributed by atoms with van der Waals surface area (Å²) < 4.78 is 9.39. The van der Waals surface area contributed by atoms with Gasteiger partial charge in [-0.3, -0.25) is 9.48 Å². The molecule has 0 atom stereocenters. The van der Waals surface area contributed by atoms with Crippen LogP contribution in [0.2, 0.25) is 0 Å². The fourth-order valence-electron chi connectivity index (χ4n) is 3.50. The average molecular weight is 396 g/mol. The first-order valence-electron chi connectivity index (χ1n) is 10.1. The lowest BCUT2D eigenvalue weighted by Crippen LogP contribution is -2.40. The lowest BCUT2D eigenvalue weighted by atomic mass is 9.93. The molecular formula is C21H28N6O2. The monoisotopic (exact) mass is 396 g/mol. The van der Waals surface area contributed by atoms with Crippen molar-refractivity contribution in [2.45, 2.75) is 39.0 Å². The number of rotatable bonds is 4. The molecule has 154 valence electrons. The summed E-state index contributed by atoms with van der Waals surface area (Å²) in [5, 5.41) is 8.74. The maximum Gasteiger partial charge on any atom is 0.274 e. The van der Waals surface area contributed by atoms with Crippen LogP contribution in [-0.2, 0) is 12.5 Å². The molecular weight excluding hydrogens is 368 g/mol. The molecule has 8 heteroatoms. The largest absolute Gasteiger partial charge is 0.476 e. The van der Waals surface area contributed by atoms with E-state index in [0.717, 1.165) is 37.3 Å². The molecule has 4 heterocycles. The minimum Gasteiger partial charge on any atom is -0.476 e. The maximum absolute atomic E-state index is 12.5. The zero-order valence-electron chi connectivity index (χ0n) is 17.5. The fraction of sp³-hybridized carbons (Fsp3) is 0.524. The molecule has 3 aromatic heterocycles. The lowest BCUT2D eigenvalue weighted by Gasteiger charge is -2.31. The molecule has 0 aliphatic carbocycles. The van der Waals surface area contributed by atoms with E-state index in [2.05, 4.69) is 36.0 Å². The number of aromatic nitrogens is 5. The van der Waals surface area contributed by atoms with Crippen LogP contribution in [0.15, 0.2) is 30.6 Å². The number of nitrogens with zero attached hydrogens (tertiary/aromatic N) is 6. The van der Waals surface area contributed by atoms with Crippen molar-refractivity contribution in [2.75, 3.05) is 19.7 Å². The Morgan fingerprint density at radius 1 is 1.17 bits per heavy atom. The summed E-state index contributed by atoms with van der Waals surface area (Å²) in [7, 11) is 1.82. The molecule has 0 radical (unpaired) electrons. The van der Waals surface area contributed by atoms with Gasteiger partial charge in [0.2, 0.25) is 5.88 Å². The molecule has 1 aliphatic rings. The van der Waals surface area contributed by atoms with Gasteiger partial charge >= 0.3 is 0 Å². The molecule has 0 spiro atoms. The Hall–Kier alpha value is -2.90. The Bertz CT molecular complexity index is 1010. The average Bonchev–Trinajstić information content (AvgIpc) is 3.32. The highest BCUT2D eigenvalue weighted by atomic mass is 16.5. The van der Waals surface area contributed by atoms with Gasteiger partial charge in [0, 0.05) is 37.8 Å². The Balaban J connectivity index is 1.31. The Morgan fingerprint density at radius 2 is 1.93 bits per heavy atom. The normalized spacial score (nSPS) is 15.8. The second-order valence-electron chi connectivity index (χ2n) is 8.77. The predicted octanol–water partition coefficient (Wildman–Crippen LogP) is 2.69. The van der Waals surface area contributed by atoms with Crippen LogP contribution in [0.3, 0.4) is 0 Å². The second-order valence-corrected chi connectivity index (χ2v) is 8.77. The number of ether oxygens (including phenoxy) is 1. The number of hydrogen-bond acceptors (Lipinski definition) is 5. The first-order chi connectivity index (χ1) is 13.8. The quantitative estimate of drug-likeness (QED) is 0.678. The van der Waals surface area contributed by atoms with Crippen LogP contribution in [0, 0.1) is 5.92 Å². The Labute approximate surface area is 170 Å². The van der Waals surface area contributed by atoms with Gasteiger partial charge in [-0.2, -0.15) is 5.10 Å². The van der Waals surface area contributed by atoms with Gasteiger partial charge in [-0.25, -0.2) is 9.50 Å². The van der Waals surface area contributed by atoms with Gasteiger partial charge < -0.3 is 9.64 Å². The first-order valence-corrected chi connectivity index (χ1v) is 10.1. The van der Waals surface area contributed by atoms with Crippen molar-refractivity contribution < 1.29 is 9.53 Å². The minimum absolute atomic E-state index is 0.00634. The van der Waals surface area contributed by atoms with E-state index < -0.39 is 0 Å². The van der Waals surface area contributed by atoms with E-state index in [1.807, 2.05) is 30.3 Å². The Morgan fingerprint density at radius 3 is 2.59 bits per heavy atom. The molecule has 0 aromatic carbocycles. The molecule has 1 amide bonds. The van der Waals surface area contributed by atoms with E-state index in [9.17, 15) is 4.79 Å². The summed E-state index contributed by atoms with van der Waals surface area (Å²) in [6.45, 7) is 8.47. The van der Waals surface area contributed by atoms with E-state index in [0.29, 0.717) is 24.1 Å². The molecule has 3 aromatic rings. The van der Waals surface area contributed by atoms with E-state index >= 15 is 0 Å². The second kappa shape index (κ2) is 7.50. The molecule has 4 rings (SSSR count). The van der Waals surface area contributed by atoms with E-state index in [1.165, 1.54) is 0 Å². The number of piperidine rings is 1. The van der Waals surface area contributed by atoms with E-state index in [-0.39, 0.29) is 11.3 Å². The van der Waals surface area contributed by atoms with Crippen molar-refractivity contribution in [1.82, 2.24) is 29.3 Å². The third-order valence-electron chi connectivity index (χ3n) is 5.37. The molecule has 0 unspecified atom stereocenters. The van der Waals surface area contributed by atoms with Crippen molar-refractivity contribution in [3.8, 4) is 5.88 Å². The van der Waals surface area contributed by atoms with Gasteiger partial charge in [-0.1, -0.05) is 20.8 Å². The molecule has 0 bridgehead atoms. The van der Waals surface area contributed by atoms with E-state index in [4.69, 9.17) is 4.74 Å². The van der Waals surface area contributed by atoms with Crippen LogP contribution >= 0.6 is 0 Å². The summed E-state index contributed by atoms with van der Waals surface area (Å²) >= 11 is 0. The van der Waals surface area contributed by atoms with Crippen molar-refractivity contribution in [3.05, 3.63) is 42.0 Å². The summed E-state index contributed by atoms with van der Waals surface area (Å²) in [5.74, 6) is 1.02. The zero-order valence-corrected chi connectivity index (χ0v) is 17.5. The molecule has 1 fully saturated rings. The standard InChI is InChI=1S/C21H28N6O2/c1-21(2,3)17-13-27-18(22-17)5-6-19(24-27)29-14-15-7-11-26(12-8-15)20(28)16-9-10-25(4)23-16/h5-6,9-10,13,15H,7-8,11-12,14H2,1-4H3. The lowest BCUT2D eigenvalue weighted by molar-refractivity contribution is 0.0652. The molecule has 0 N–H and O–H groups in total. The maximum atomic E-state index is 12.5. The van der Waals surface area contributed by atoms with Crippen molar-refractivity contribution >= 4 is 11.6 Å². The number of carbonyl (C=O) groups excluding carboxylic acids is 1. The number of likely N-dealkylation sites (tertiary alicyclic amines) is 1. The third kappa shape index (κ3) is 4.26. The molecule has 0 saturated carbocycles. The van der Waals surface area contributed by atoms with E-state index in [1.54, 1.807) is 21.5 Å².